The summed E-state index contributed by atoms with van der Waals surface area (Å²) in [5, 5.41) is 38.8. The van der Waals surface area contributed by atoms with Gasteiger partial charge >= 0.3 is 5.82 Å². The Balaban J connectivity index is 1.26. The van der Waals surface area contributed by atoms with Crippen LogP contribution in [-0.2, 0) is 14.8 Å². The van der Waals surface area contributed by atoms with Crippen molar-refractivity contribution in [2.45, 2.75) is 64.6 Å². The van der Waals surface area contributed by atoms with E-state index in [-0.39, 0.29) is 34.8 Å². The molecule has 0 aliphatic carbocycles. The Morgan fingerprint density at radius 2 is 1.80 bits per heavy atom. The van der Waals surface area contributed by atoms with Crippen LogP contribution < -0.4 is 24.8 Å². The number of amides is 2. The van der Waals surface area contributed by atoms with E-state index in [1.54, 1.807) is 61.0 Å². The first-order chi connectivity index (χ1) is 23.9. The molecule has 1 aliphatic heterocycles. The molecule has 5 rings (SSSR count). The monoisotopic (exact) mass is 736 g/mol. The number of hydroxylamine groups is 2. The average molecular weight is 737 g/mol. The van der Waals surface area contributed by atoms with Gasteiger partial charge in [0.25, 0.3) is 11.8 Å². The molecule has 0 radical (unpaired) electrons. The fraction of sp³-hybridized carbons (Fsp3) is 0.353. The summed E-state index contributed by atoms with van der Waals surface area (Å²) in [6.07, 6.45) is 2.07. The second kappa shape index (κ2) is 14.7. The number of aromatic hydroxyl groups is 1. The number of phenolic OH excluding ortho intramolecular Hbond substituents is 1. The molecule has 1 fully saturated rings. The molecule has 1 aromatic heterocycles. The molecule has 4 aromatic rings. The van der Waals surface area contributed by atoms with Gasteiger partial charge in [-0.15, -0.1) is 0 Å². The smallest absolute Gasteiger partial charge is 0.308 e. The van der Waals surface area contributed by atoms with Gasteiger partial charge in [-0.1, -0.05) is 16.8 Å². The lowest BCUT2D eigenvalue weighted by Crippen LogP contribution is -2.61. The molecule has 270 valence electrons. The molecule has 0 spiro atoms. The summed E-state index contributed by atoms with van der Waals surface area (Å²) in [6.45, 7) is 8.77. The zero-order chi connectivity index (χ0) is 37.1. The predicted molar refractivity (Wildman–Crippen MR) is 193 cm³/mol. The van der Waals surface area contributed by atoms with Crippen LogP contribution in [0.25, 0.3) is 11.4 Å². The van der Waals surface area contributed by atoms with E-state index in [9.17, 15) is 28.3 Å². The van der Waals surface area contributed by atoms with Crippen LogP contribution in [0.5, 0.6) is 11.5 Å². The number of carbonyl (C=O) groups is 2. The molecule has 1 saturated heterocycles. The van der Waals surface area contributed by atoms with Crippen LogP contribution in [0.2, 0.25) is 0 Å². The van der Waals surface area contributed by atoms with Crippen LogP contribution in [0.15, 0.2) is 76.5 Å². The number of rotatable bonds is 11. The number of phenols is 1. The molecule has 0 bridgehead atoms. The van der Waals surface area contributed by atoms with Gasteiger partial charge in [0.15, 0.2) is 17.8 Å². The molecule has 3 aromatic carbocycles. The lowest BCUT2D eigenvalue weighted by molar-refractivity contribution is -0.671. The minimum atomic E-state index is -3.49. The second-order valence-corrected chi connectivity index (χ2v) is 16.0. The van der Waals surface area contributed by atoms with Crippen molar-refractivity contribution in [1.29, 1.82) is 0 Å². The summed E-state index contributed by atoms with van der Waals surface area (Å²) < 4.78 is 36.8. The maximum Gasteiger partial charge on any atom is 0.308 e. The van der Waals surface area contributed by atoms with E-state index in [4.69, 9.17) is 4.74 Å². The molecule has 0 unspecified atom stereocenters. The molecular formula is C34H40N8O7S2. The summed E-state index contributed by atoms with van der Waals surface area (Å²) in [7, 11) is -3.49. The number of ether oxygens (including phenoxy) is 1. The maximum absolute atomic E-state index is 13.3. The van der Waals surface area contributed by atoms with E-state index in [1.807, 2.05) is 27.7 Å². The highest BCUT2D eigenvalue weighted by Crippen LogP contribution is 2.37. The highest BCUT2D eigenvalue weighted by atomic mass is 32.2. The lowest BCUT2D eigenvalue weighted by Gasteiger charge is -2.60. The molecule has 1 aliphatic rings. The first-order valence-corrected chi connectivity index (χ1v) is 18.6. The summed E-state index contributed by atoms with van der Waals surface area (Å²) in [4.78, 5) is 26.0. The van der Waals surface area contributed by atoms with Crippen LogP contribution >= 0.6 is 11.5 Å². The normalized spacial score (nSPS) is 16.1. The van der Waals surface area contributed by atoms with E-state index in [0.717, 1.165) is 22.9 Å². The van der Waals surface area contributed by atoms with Gasteiger partial charge in [-0.2, -0.15) is 0 Å². The molecular weight excluding hydrogens is 697 g/mol. The molecule has 0 atom stereocenters. The average Bonchev–Trinajstić information content (AvgIpc) is 3.52. The largest absolute Gasteiger partial charge is 0.784 e. The number of anilines is 2. The Hall–Kier alpha value is -4.97. The number of hydrogen-bond acceptors (Lipinski definition) is 12. The topological polar surface area (TPSA) is 202 Å². The van der Waals surface area contributed by atoms with Gasteiger partial charge in [0, 0.05) is 39.9 Å². The zero-order valence-corrected chi connectivity index (χ0v) is 30.6. The van der Waals surface area contributed by atoms with Gasteiger partial charge < -0.3 is 30.7 Å². The van der Waals surface area contributed by atoms with Crippen LogP contribution in [0, 0.1) is 12.1 Å². The number of piperidine rings is 1. The summed E-state index contributed by atoms with van der Waals surface area (Å²) >= 11 is 1.14. The third-order valence-corrected chi connectivity index (χ3v) is 9.31. The van der Waals surface area contributed by atoms with Crippen molar-refractivity contribution >= 4 is 50.4 Å². The van der Waals surface area contributed by atoms with Gasteiger partial charge in [0.05, 0.1) is 39.9 Å². The number of aryl methyl sites for hydroxylation is 1. The fourth-order valence-corrected chi connectivity index (χ4v) is 7.23. The Morgan fingerprint density at radius 3 is 2.51 bits per heavy atom. The highest BCUT2D eigenvalue weighted by Gasteiger charge is 2.40. The standard InChI is InChI=1S/C34H40N8O7S2/c1-21-13-25(16-28(30(21)44)36-29(43)19-49-27-12-8-11-24(15-27)39-51(6,47)48)37-40-41-20-50-38-31(41)22-9-7-10-23(14-22)32(45)35-26-17-33(2,3)42(46)34(4,5)18-26/h7-16,20,26,39,44H,17-19H2,1-6H3,(H,35,45)(H,36,43). The Labute approximate surface area is 300 Å². The van der Waals surface area contributed by atoms with E-state index >= 15 is 0 Å². The highest BCUT2D eigenvalue weighted by molar-refractivity contribution is 7.92. The number of nitrogens with one attached hydrogen (secondary N) is 3. The van der Waals surface area contributed by atoms with Crippen molar-refractivity contribution < 1.29 is 32.5 Å². The Morgan fingerprint density at radius 1 is 1.10 bits per heavy atom. The molecule has 17 heteroatoms. The van der Waals surface area contributed by atoms with Gasteiger partial charge in [-0.3, -0.25) is 14.3 Å². The van der Waals surface area contributed by atoms with Crippen molar-refractivity contribution in [3.8, 4) is 22.9 Å². The van der Waals surface area contributed by atoms with Crippen molar-refractivity contribution in [1.82, 2.24) is 14.8 Å². The van der Waals surface area contributed by atoms with Crippen molar-refractivity contribution in [3.05, 3.63) is 82.5 Å². The number of benzene rings is 3. The number of carbonyl (C=O) groups excluding carboxylic acids is 2. The van der Waals surface area contributed by atoms with Gasteiger partial charge in [0.1, 0.15) is 11.5 Å². The summed E-state index contributed by atoms with van der Waals surface area (Å²) in [5.41, 5.74) is 2.59. The van der Waals surface area contributed by atoms with E-state index in [1.165, 1.54) is 16.8 Å². The Kier molecular flexibility index (Phi) is 10.8. The van der Waals surface area contributed by atoms with Crippen LogP contribution in [0.4, 0.5) is 17.1 Å². The fourth-order valence-electron chi connectivity index (χ4n) is 6.10. The molecule has 4 N–H and O–H groups in total. The van der Waals surface area contributed by atoms with Gasteiger partial charge in [-0.25, -0.2) is 8.42 Å². The van der Waals surface area contributed by atoms with Crippen LogP contribution in [0.3, 0.4) is 0 Å². The third-order valence-electron chi connectivity index (χ3n) is 8.14. The Bertz CT molecular complexity index is 2060. The maximum atomic E-state index is 13.3. The number of sulfonamides is 1. The minimum Gasteiger partial charge on any atom is -0.784 e. The number of nitrogens with zero attached hydrogens (tertiary/aromatic N) is 5. The SMILES string of the molecule is Cc1cc(N=N[n+]2csnc2-c2cccc(C(=O)NC3CC(C)(C)N([O-])C(C)(C)C3)c2)cc(NC(=O)COc2cccc(NS(C)(=O)=O)c2)c1O. The quantitative estimate of drug-likeness (QED) is 0.0896. The molecule has 15 nitrogen and oxygen atoms in total. The van der Waals surface area contributed by atoms with E-state index < -0.39 is 33.6 Å². The first-order valence-electron chi connectivity index (χ1n) is 15.9. The second-order valence-electron chi connectivity index (χ2n) is 13.6. The van der Waals surface area contributed by atoms with Crippen molar-refractivity contribution in [3.63, 3.8) is 0 Å². The molecule has 0 saturated carbocycles. The number of hydrogen-bond donors (Lipinski definition) is 4. The molecule has 2 heterocycles. The van der Waals surface area contributed by atoms with Crippen molar-refractivity contribution in [2.24, 2.45) is 10.3 Å². The summed E-state index contributed by atoms with van der Waals surface area (Å²) in [6, 6.07) is 16.0. The van der Waals surface area contributed by atoms with Gasteiger partial charge in [-0.05, 0) is 93.8 Å². The van der Waals surface area contributed by atoms with Gasteiger partial charge in [0.2, 0.25) is 10.0 Å². The lowest BCUT2D eigenvalue weighted by atomic mass is 9.79. The minimum absolute atomic E-state index is 0.0881. The molecule has 2 amide bonds. The van der Waals surface area contributed by atoms with Crippen molar-refractivity contribution in [2.75, 3.05) is 22.9 Å². The zero-order valence-electron chi connectivity index (χ0n) is 29.0. The third kappa shape index (κ3) is 9.43. The molecule has 51 heavy (non-hydrogen) atoms. The van der Waals surface area contributed by atoms with E-state index in [2.05, 4.69) is 30.1 Å². The number of aromatic nitrogens is 2. The predicted octanol–water partition coefficient (Wildman–Crippen LogP) is 5.30. The van der Waals surface area contributed by atoms with Crippen LogP contribution in [0.1, 0.15) is 56.5 Å². The summed E-state index contributed by atoms with van der Waals surface area (Å²) in [5.74, 6) is -0.288. The van der Waals surface area contributed by atoms with Crippen LogP contribution in [-0.4, -0.2) is 64.8 Å². The van der Waals surface area contributed by atoms with E-state index in [0.29, 0.717) is 41.0 Å². The first kappa shape index (κ1) is 37.3.